The number of aliphatic hydroxyl groups is 1. The molecule has 1 aliphatic carbocycles. The lowest BCUT2D eigenvalue weighted by atomic mass is 9.78. The number of fused-ring (bicyclic) bond motifs is 1. The van der Waals surface area contributed by atoms with Crippen LogP contribution in [0.4, 0.5) is 0 Å². The van der Waals surface area contributed by atoms with E-state index in [1.54, 1.807) is 0 Å². The minimum Gasteiger partial charge on any atom is -0.394 e. The van der Waals surface area contributed by atoms with E-state index >= 15 is 0 Å². The van der Waals surface area contributed by atoms with E-state index in [0.717, 1.165) is 18.9 Å². The van der Waals surface area contributed by atoms with E-state index in [2.05, 4.69) is 15.1 Å². The molecule has 2 heterocycles. The summed E-state index contributed by atoms with van der Waals surface area (Å²) in [6.45, 7) is 5.35. The number of likely N-dealkylation sites (N-methyl/N-ethyl adjacent to an activating group) is 1. The quantitative estimate of drug-likeness (QED) is 0.788. The Hall–Kier alpha value is -0.160. The van der Waals surface area contributed by atoms with Crippen LogP contribution in [-0.4, -0.2) is 72.4 Å². The molecule has 0 aromatic carbocycles. The smallest absolute Gasteiger partial charge is 0.0613 e. The van der Waals surface area contributed by atoms with E-state index in [4.69, 9.17) is 0 Å². The molecule has 3 aliphatic rings. The van der Waals surface area contributed by atoms with Crippen LogP contribution in [0.25, 0.3) is 0 Å². The topological polar surface area (TPSA) is 38.7 Å². The molecule has 4 heteroatoms. The van der Waals surface area contributed by atoms with Gasteiger partial charge in [-0.3, -0.25) is 9.80 Å². The van der Waals surface area contributed by atoms with Crippen LogP contribution in [0, 0.1) is 0 Å². The van der Waals surface area contributed by atoms with Crippen molar-refractivity contribution in [1.29, 1.82) is 0 Å². The van der Waals surface area contributed by atoms with Crippen LogP contribution < -0.4 is 5.32 Å². The summed E-state index contributed by atoms with van der Waals surface area (Å²) in [5, 5.41) is 13.1. The summed E-state index contributed by atoms with van der Waals surface area (Å²) < 4.78 is 0. The van der Waals surface area contributed by atoms with E-state index < -0.39 is 0 Å². The van der Waals surface area contributed by atoms with Crippen molar-refractivity contribution < 1.29 is 5.11 Å². The third kappa shape index (κ3) is 2.68. The number of nitrogens with one attached hydrogen (secondary N) is 1. The van der Waals surface area contributed by atoms with Crippen molar-refractivity contribution in [2.45, 2.75) is 56.1 Å². The van der Waals surface area contributed by atoms with Gasteiger partial charge in [0.15, 0.2) is 0 Å². The first-order valence-electron chi connectivity index (χ1n) is 8.04. The van der Waals surface area contributed by atoms with Crippen molar-refractivity contribution in [3.05, 3.63) is 0 Å². The minimum absolute atomic E-state index is 0.0181. The number of nitrogens with zero attached hydrogens (tertiary/aromatic N) is 2. The molecule has 3 unspecified atom stereocenters. The van der Waals surface area contributed by atoms with Gasteiger partial charge in [-0.15, -0.1) is 0 Å². The van der Waals surface area contributed by atoms with Crippen LogP contribution in [0.3, 0.4) is 0 Å². The van der Waals surface area contributed by atoms with Gasteiger partial charge in [0.05, 0.1) is 6.61 Å². The van der Waals surface area contributed by atoms with Crippen molar-refractivity contribution in [2.75, 3.05) is 39.8 Å². The molecule has 0 amide bonds. The van der Waals surface area contributed by atoms with E-state index in [0.29, 0.717) is 6.04 Å². The van der Waals surface area contributed by atoms with Crippen LogP contribution in [-0.2, 0) is 0 Å². The maximum Gasteiger partial charge on any atom is 0.0613 e. The second-order valence-electron chi connectivity index (χ2n) is 6.77. The summed E-state index contributed by atoms with van der Waals surface area (Å²) in [6, 6.07) is 1.49. The molecule has 110 valence electrons. The molecule has 0 bridgehead atoms. The summed E-state index contributed by atoms with van der Waals surface area (Å²) in [6.07, 6.45) is 7.58. The molecule has 0 aromatic rings. The lowest BCUT2D eigenvalue weighted by Gasteiger charge is -2.47. The van der Waals surface area contributed by atoms with Crippen LogP contribution >= 0.6 is 0 Å². The Morgan fingerprint density at radius 1 is 1.11 bits per heavy atom. The fraction of sp³-hybridized carbons (Fsp3) is 1.00. The summed E-state index contributed by atoms with van der Waals surface area (Å²) >= 11 is 0. The average molecular weight is 267 g/mol. The Morgan fingerprint density at radius 2 is 1.89 bits per heavy atom. The molecule has 0 spiro atoms. The maximum absolute atomic E-state index is 9.72. The fourth-order valence-electron chi connectivity index (χ4n) is 4.44. The van der Waals surface area contributed by atoms with Crippen molar-refractivity contribution in [2.24, 2.45) is 0 Å². The van der Waals surface area contributed by atoms with E-state index in [1.165, 1.54) is 51.9 Å². The first-order chi connectivity index (χ1) is 9.26. The Labute approximate surface area is 117 Å². The zero-order valence-corrected chi connectivity index (χ0v) is 12.3. The van der Waals surface area contributed by atoms with Gasteiger partial charge in [0.1, 0.15) is 0 Å². The van der Waals surface area contributed by atoms with Gasteiger partial charge >= 0.3 is 0 Å². The zero-order chi connectivity index (χ0) is 13.3. The molecule has 0 radical (unpaired) electrons. The van der Waals surface area contributed by atoms with Crippen LogP contribution in [0.1, 0.15) is 38.5 Å². The molecule has 4 nitrogen and oxygen atoms in total. The molecular formula is C15H29N3O. The molecule has 0 aromatic heterocycles. The summed E-state index contributed by atoms with van der Waals surface area (Å²) in [5.41, 5.74) is -0.0181. The SMILES string of the molecule is CNC1(CO)CCCC(N2CCN3CCCC3C2)C1. The fourth-order valence-corrected chi connectivity index (χ4v) is 4.44. The summed E-state index contributed by atoms with van der Waals surface area (Å²) in [7, 11) is 2.01. The summed E-state index contributed by atoms with van der Waals surface area (Å²) in [4.78, 5) is 5.39. The Morgan fingerprint density at radius 3 is 2.68 bits per heavy atom. The van der Waals surface area contributed by atoms with E-state index in [-0.39, 0.29) is 12.1 Å². The van der Waals surface area contributed by atoms with E-state index in [1.807, 2.05) is 7.05 Å². The van der Waals surface area contributed by atoms with Crippen LogP contribution in [0.5, 0.6) is 0 Å². The molecule has 3 atom stereocenters. The van der Waals surface area contributed by atoms with Crippen molar-refractivity contribution in [3.8, 4) is 0 Å². The molecular weight excluding hydrogens is 238 g/mol. The highest BCUT2D eigenvalue weighted by Crippen LogP contribution is 2.33. The number of hydrogen-bond donors (Lipinski definition) is 2. The first kappa shape index (κ1) is 13.8. The zero-order valence-electron chi connectivity index (χ0n) is 12.3. The summed E-state index contributed by atoms with van der Waals surface area (Å²) in [5.74, 6) is 0. The highest BCUT2D eigenvalue weighted by Gasteiger charge is 2.39. The van der Waals surface area contributed by atoms with Gasteiger partial charge in [0, 0.05) is 37.3 Å². The second-order valence-corrected chi connectivity index (χ2v) is 6.77. The highest BCUT2D eigenvalue weighted by atomic mass is 16.3. The maximum atomic E-state index is 9.72. The standard InChI is InChI=1S/C15H29N3O/c1-16-15(12-19)6-2-4-13(10-15)18-9-8-17-7-3-5-14(17)11-18/h13-14,16,19H,2-12H2,1H3. The molecule has 2 aliphatic heterocycles. The average Bonchev–Trinajstić information content (AvgIpc) is 2.94. The van der Waals surface area contributed by atoms with Gasteiger partial charge in [0.2, 0.25) is 0 Å². The van der Waals surface area contributed by atoms with Crippen LogP contribution in [0.2, 0.25) is 0 Å². The number of hydrogen-bond acceptors (Lipinski definition) is 4. The molecule has 1 saturated carbocycles. The lowest BCUT2D eigenvalue weighted by molar-refractivity contribution is 0.0227. The highest BCUT2D eigenvalue weighted by molar-refractivity contribution is 4.98. The van der Waals surface area contributed by atoms with Gasteiger partial charge in [-0.2, -0.15) is 0 Å². The first-order valence-corrected chi connectivity index (χ1v) is 8.04. The molecule has 2 N–H and O–H groups in total. The number of aliphatic hydroxyl groups excluding tert-OH is 1. The number of piperazine rings is 1. The Bertz CT molecular complexity index is 306. The molecule has 19 heavy (non-hydrogen) atoms. The number of rotatable bonds is 3. The third-order valence-electron chi connectivity index (χ3n) is 5.79. The van der Waals surface area contributed by atoms with E-state index in [9.17, 15) is 5.11 Å². The van der Waals surface area contributed by atoms with Crippen LogP contribution in [0.15, 0.2) is 0 Å². The third-order valence-corrected chi connectivity index (χ3v) is 5.79. The van der Waals surface area contributed by atoms with Crippen molar-refractivity contribution in [3.63, 3.8) is 0 Å². The predicted octanol–water partition coefficient (Wildman–Crippen LogP) is 0.659. The van der Waals surface area contributed by atoms with Gasteiger partial charge in [-0.05, 0) is 52.1 Å². The van der Waals surface area contributed by atoms with Gasteiger partial charge in [0.25, 0.3) is 0 Å². The monoisotopic (exact) mass is 267 g/mol. The van der Waals surface area contributed by atoms with Gasteiger partial charge in [-0.1, -0.05) is 0 Å². The molecule has 2 saturated heterocycles. The Balaban J connectivity index is 1.62. The second kappa shape index (κ2) is 5.68. The van der Waals surface area contributed by atoms with Crippen molar-refractivity contribution >= 4 is 0 Å². The predicted molar refractivity (Wildman–Crippen MR) is 77.3 cm³/mol. The Kier molecular flexibility index (Phi) is 4.13. The van der Waals surface area contributed by atoms with Gasteiger partial charge < -0.3 is 10.4 Å². The normalized spacial score (nSPS) is 41.4. The van der Waals surface area contributed by atoms with Crippen molar-refractivity contribution in [1.82, 2.24) is 15.1 Å². The molecule has 3 rings (SSSR count). The lowest BCUT2D eigenvalue weighted by Crippen LogP contribution is -2.59. The van der Waals surface area contributed by atoms with Gasteiger partial charge in [-0.25, -0.2) is 0 Å². The largest absolute Gasteiger partial charge is 0.394 e. The minimum atomic E-state index is -0.0181. The molecule has 3 fully saturated rings.